The fourth-order valence-electron chi connectivity index (χ4n) is 1.79. The number of carboxylic acid groups (broad SMARTS) is 1. The Morgan fingerprint density at radius 1 is 1.33 bits per heavy atom. The number of aryl methyl sites for hydroxylation is 1. The Hall–Kier alpha value is -1.56. The van der Waals surface area contributed by atoms with E-state index >= 15 is 0 Å². The lowest BCUT2D eigenvalue weighted by Crippen LogP contribution is -2.21. The van der Waals surface area contributed by atoms with E-state index in [1.54, 1.807) is 0 Å². The lowest BCUT2D eigenvalue weighted by atomic mass is 9.88. The number of rotatable bonds is 0. The Kier molecular flexibility index (Phi) is 4.72. The van der Waals surface area contributed by atoms with Gasteiger partial charge in [-0.1, -0.05) is 24.3 Å². The normalized spacial score (nSPS) is 18.3. The second kappa shape index (κ2) is 5.86. The highest BCUT2D eigenvalue weighted by Crippen LogP contribution is 2.26. The average molecular weight is 261 g/mol. The number of carboxylic acids is 1. The molecule has 100 valence electrons. The molecule has 0 aliphatic heterocycles. The van der Waals surface area contributed by atoms with E-state index in [0.717, 1.165) is 6.42 Å². The molecule has 0 fully saturated rings. The van der Waals surface area contributed by atoms with E-state index in [2.05, 4.69) is 24.3 Å². The molecule has 3 N–H and O–H groups in total. The summed E-state index contributed by atoms with van der Waals surface area (Å²) in [5.74, 6) is -2.76. The van der Waals surface area contributed by atoms with Crippen molar-refractivity contribution in [1.82, 2.24) is 0 Å². The fraction of sp³-hybridized carbons (Fsp3) is 0.417. The average Bonchev–Trinajstić information content (AvgIpc) is 2.29. The monoisotopic (exact) mass is 261 g/mol. The minimum atomic E-state index is -5.08. The van der Waals surface area contributed by atoms with Gasteiger partial charge in [0, 0.05) is 6.04 Å². The summed E-state index contributed by atoms with van der Waals surface area (Å²) < 4.78 is 31.7. The number of carbonyl (C=O) groups is 1. The number of benzene rings is 1. The first-order chi connectivity index (χ1) is 8.32. The highest BCUT2D eigenvalue weighted by molar-refractivity contribution is 5.73. The first-order valence-corrected chi connectivity index (χ1v) is 5.46. The van der Waals surface area contributed by atoms with Crippen molar-refractivity contribution in [2.75, 3.05) is 0 Å². The van der Waals surface area contributed by atoms with Gasteiger partial charge in [0.25, 0.3) is 0 Å². The quantitative estimate of drug-likeness (QED) is 0.754. The second-order valence-corrected chi connectivity index (χ2v) is 4.00. The third-order valence-electron chi connectivity index (χ3n) is 2.66. The fourth-order valence-corrected chi connectivity index (χ4v) is 1.79. The molecule has 1 aromatic carbocycles. The minimum Gasteiger partial charge on any atom is -0.475 e. The van der Waals surface area contributed by atoms with Gasteiger partial charge in [-0.3, -0.25) is 0 Å². The molecule has 6 heteroatoms. The van der Waals surface area contributed by atoms with E-state index in [-0.39, 0.29) is 0 Å². The van der Waals surface area contributed by atoms with Crippen molar-refractivity contribution in [1.29, 1.82) is 0 Å². The van der Waals surface area contributed by atoms with E-state index in [1.807, 2.05) is 0 Å². The summed E-state index contributed by atoms with van der Waals surface area (Å²) in [6.07, 6.45) is -1.47. The van der Waals surface area contributed by atoms with Crippen LogP contribution in [-0.2, 0) is 11.2 Å². The smallest absolute Gasteiger partial charge is 0.475 e. The van der Waals surface area contributed by atoms with Crippen molar-refractivity contribution < 1.29 is 23.1 Å². The van der Waals surface area contributed by atoms with Gasteiger partial charge in [0.1, 0.15) is 0 Å². The maximum atomic E-state index is 10.6. The predicted molar refractivity (Wildman–Crippen MR) is 60.0 cm³/mol. The van der Waals surface area contributed by atoms with Gasteiger partial charge in [0.2, 0.25) is 0 Å². The molecular formula is C12H14F3NO2. The molecule has 0 bridgehead atoms. The van der Waals surface area contributed by atoms with Gasteiger partial charge in [0.05, 0.1) is 0 Å². The Balaban J connectivity index is 0.000000203. The van der Waals surface area contributed by atoms with Crippen LogP contribution in [0.2, 0.25) is 0 Å². The second-order valence-electron chi connectivity index (χ2n) is 4.00. The van der Waals surface area contributed by atoms with Crippen molar-refractivity contribution >= 4 is 5.97 Å². The summed E-state index contributed by atoms with van der Waals surface area (Å²) in [5.41, 5.74) is 8.76. The first-order valence-electron chi connectivity index (χ1n) is 5.46. The number of hydrogen-bond acceptors (Lipinski definition) is 2. The van der Waals surface area contributed by atoms with Crippen molar-refractivity contribution in [3.05, 3.63) is 35.4 Å². The van der Waals surface area contributed by atoms with Gasteiger partial charge in [-0.05, 0) is 30.4 Å². The van der Waals surface area contributed by atoms with Gasteiger partial charge < -0.3 is 10.8 Å². The molecule has 0 heterocycles. The summed E-state index contributed by atoms with van der Waals surface area (Å²) >= 11 is 0. The highest BCUT2D eigenvalue weighted by atomic mass is 19.4. The van der Waals surface area contributed by atoms with Gasteiger partial charge in [-0.15, -0.1) is 0 Å². The molecule has 0 spiro atoms. The Labute approximate surface area is 102 Å². The van der Waals surface area contributed by atoms with Crippen molar-refractivity contribution in [3.63, 3.8) is 0 Å². The SMILES string of the molecule is NC1CCCc2ccccc21.O=C(O)C(F)(F)F. The molecule has 1 aliphatic carbocycles. The molecular weight excluding hydrogens is 247 g/mol. The standard InChI is InChI=1S/C10H13N.C2HF3O2/c11-10-7-3-5-8-4-1-2-6-9(8)10;3-2(4,5)1(6)7/h1-2,4,6,10H,3,5,7,11H2;(H,6,7). The number of fused-ring (bicyclic) bond motifs is 1. The molecule has 1 atom stereocenters. The summed E-state index contributed by atoms with van der Waals surface area (Å²) in [6, 6.07) is 8.80. The Morgan fingerprint density at radius 2 is 1.89 bits per heavy atom. The lowest BCUT2D eigenvalue weighted by molar-refractivity contribution is -0.192. The lowest BCUT2D eigenvalue weighted by Gasteiger charge is -2.21. The molecule has 18 heavy (non-hydrogen) atoms. The van der Waals surface area contributed by atoms with Gasteiger partial charge >= 0.3 is 12.1 Å². The van der Waals surface area contributed by atoms with Gasteiger partial charge in [-0.25, -0.2) is 4.79 Å². The molecule has 2 rings (SSSR count). The molecule has 0 saturated carbocycles. The van der Waals surface area contributed by atoms with Gasteiger partial charge in [0.15, 0.2) is 0 Å². The number of halogens is 3. The molecule has 1 unspecified atom stereocenters. The zero-order valence-electron chi connectivity index (χ0n) is 9.57. The largest absolute Gasteiger partial charge is 0.490 e. The topological polar surface area (TPSA) is 63.3 Å². The number of aliphatic carboxylic acids is 1. The maximum absolute atomic E-state index is 10.6. The third-order valence-corrected chi connectivity index (χ3v) is 2.66. The summed E-state index contributed by atoms with van der Waals surface area (Å²) in [7, 11) is 0. The number of nitrogens with two attached hydrogens (primary N) is 1. The van der Waals surface area contributed by atoms with Crippen LogP contribution in [0, 0.1) is 0 Å². The van der Waals surface area contributed by atoms with Crippen LogP contribution in [-0.4, -0.2) is 17.3 Å². The predicted octanol–water partition coefficient (Wildman–Crippen LogP) is 2.66. The molecule has 0 radical (unpaired) electrons. The molecule has 0 amide bonds. The summed E-state index contributed by atoms with van der Waals surface area (Å²) in [5, 5.41) is 7.12. The van der Waals surface area contributed by atoms with Crippen LogP contribution in [0.25, 0.3) is 0 Å². The van der Waals surface area contributed by atoms with Crippen LogP contribution >= 0.6 is 0 Å². The van der Waals surface area contributed by atoms with Crippen LogP contribution < -0.4 is 5.73 Å². The molecule has 0 saturated heterocycles. The van der Waals surface area contributed by atoms with Crippen LogP contribution in [0.15, 0.2) is 24.3 Å². The minimum absolute atomic E-state index is 0.292. The van der Waals surface area contributed by atoms with Crippen LogP contribution in [0.1, 0.15) is 30.0 Å². The highest BCUT2D eigenvalue weighted by Gasteiger charge is 2.38. The van der Waals surface area contributed by atoms with E-state index in [9.17, 15) is 13.2 Å². The zero-order chi connectivity index (χ0) is 13.8. The molecule has 1 aliphatic rings. The molecule has 0 aromatic heterocycles. The van der Waals surface area contributed by atoms with E-state index in [0.29, 0.717) is 6.04 Å². The summed E-state index contributed by atoms with van der Waals surface area (Å²) in [6.45, 7) is 0. The number of hydrogen-bond donors (Lipinski definition) is 2. The maximum Gasteiger partial charge on any atom is 0.490 e. The van der Waals surface area contributed by atoms with Crippen molar-refractivity contribution in [2.24, 2.45) is 5.73 Å². The van der Waals surface area contributed by atoms with E-state index in [4.69, 9.17) is 15.6 Å². The molecule has 1 aromatic rings. The van der Waals surface area contributed by atoms with E-state index < -0.39 is 12.1 Å². The van der Waals surface area contributed by atoms with Gasteiger partial charge in [-0.2, -0.15) is 13.2 Å². The van der Waals surface area contributed by atoms with Crippen LogP contribution in [0.4, 0.5) is 13.2 Å². The summed E-state index contributed by atoms with van der Waals surface area (Å²) in [4.78, 5) is 8.90. The van der Waals surface area contributed by atoms with E-state index in [1.165, 1.54) is 24.0 Å². The first kappa shape index (κ1) is 14.5. The zero-order valence-corrected chi connectivity index (χ0v) is 9.57. The number of alkyl halides is 3. The third kappa shape index (κ3) is 4.03. The molecule has 3 nitrogen and oxygen atoms in total. The van der Waals surface area contributed by atoms with Crippen molar-refractivity contribution in [3.8, 4) is 0 Å². The Bertz CT molecular complexity index is 418. The van der Waals surface area contributed by atoms with Crippen molar-refractivity contribution in [2.45, 2.75) is 31.5 Å². The van der Waals surface area contributed by atoms with Crippen LogP contribution in [0.3, 0.4) is 0 Å². The van der Waals surface area contributed by atoms with Crippen LogP contribution in [0.5, 0.6) is 0 Å². The Morgan fingerprint density at radius 3 is 2.39 bits per heavy atom.